The molecule has 0 spiro atoms. The van der Waals surface area contributed by atoms with Gasteiger partial charge in [-0.3, -0.25) is 4.79 Å². The summed E-state index contributed by atoms with van der Waals surface area (Å²) in [5, 5.41) is 8.97. The van der Waals surface area contributed by atoms with Crippen LogP contribution < -0.4 is 5.73 Å². The molecule has 0 fully saturated rings. The third-order valence-electron chi connectivity index (χ3n) is 1.92. The second kappa shape index (κ2) is 4.98. The highest BCUT2D eigenvalue weighted by Crippen LogP contribution is 2.23. The lowest BCUT2D eigenvalue weighted by Gasteiger charge is -2.05. The monoisotopic (exact) mass is 213 g/mol. The number of rotatable bonds is 4. The molecule has 0 amide bonds. The van der Waals surface area contributed by atoms with Gasteiger partial charge < -0.3 is 10.8 Å². The highest BCUT2D eigenvalue weighted by atomic mass is 35.5. The molecule has 0 saturated carbocycles. The Morgan fingerprint density at radius 3 is 2.86 bits per heavy atom. The lowest BCUT2D eigenvalue weighted by Crippen LogP contribution is -2.04. The SMILES string of the molecule is Nc1c(Cl)cccc1C(=O)CCCO. The van der Waals surface area contributed by atoms with Gasteiger partial charge in [-0.25, -0.2) is 0 Å². The molecule has 0 unspecified atom stereocenters. The van der Waals surface area contributed by atoms with Gasteiger partial charge in [-0.1, -0.05) is 17.7 Å². The van der Waals surface area contributed by atoms with Crippen molar-refractivity contribution in [2.45, 2.75) is 12.8 Å². The minimum Gasteiger partial charge on any atom is -0.397 e. The van der Waals surface area contributed by atoms with Crippen molar-refractivity contribution in [3.8, 4) is 0 Å². The molecule has 1 rings (SSSR count). The van der Waals surface area contributed by atoms with E-state index in [0.717, 1.165) is 0 Å². The molecular formula is C10H12ClNO2. The van der Waals surface area contributed by atoms with Gasteiger partial charge in [0.25, 0.3) is 0 Å². The number of anilines is 1. The average Bonchev–Trinajstić information content (AvgIpc) is 2.18. The summed E-state index contributed by atoms with van der Waals surface area (Å²) in [6, 6.07) is 4.96. The van der Waals surface area contributed by atoms with Crippen molar-refractivity contribution in [2.75, 3.05) is 12.3 Å². The number of benzene rings is 1. The maximum Gasteiger partial charge on any atom is 0.165 e. The maximum atomic E-state index is 11.5. The molecule has 1 aromatic rings. The second-order valence-electron chi connectivity index (χ2n) is 2.95. The fraction of sp³-hybridized carbons (Fsp3) is 0.300. The number of halogens is 1. The van der Waals surface area contributed by atoms with Crippen molar-refractivity contribution < 1.29 is 9.90 Å². The van der Waals surface area contributed by atoms with Crippen molar-refractivity contribution in [1.82, 2.24) is 0 Å². The zero-order chi connectivity index (χ0) is 10.6. The Bertz CT molecular complexity index is 339. The number of ketones is 1. The Labute approximate surface area is 87.5 Å². The van der Waals surface area contributed by atoms with E-state index in [2.05, 4.69) is 0 Å². The lowest BCUT2D eigenvalue weighted by atomic mass is 10.1. The molecule has 0 aliphatic heterocycles. The van der Waals surface area contributed by atoms with Gasteiger partial charge >= 0.3 is 0 Å². The fourth-order valence-corrected chi connectivity index (χ4v) is 1.33. The van der Waals surface area contributed by atoms with Crippen LogP contribution >= 0.6 is 11.6 Å². The minimum absolute atomic E-state index is 0.00616. The van der Waals surface area contributed by atoms with Crippen LogP contribution in [0.1, 0.15) is 23.2 Å². The van der Waals surface area contributed by atoms with Crippen LogP contribution in [0.4, 0.5) is 5.69 Å². The normalized spacial score (nSPS) is 10.1. The van der Waals surface area contributed by atoms with Crippen molar-refractivity contribution in [1.29, 1.82) is 0 Å². The number of hydrogen-bond donors (Lipinski definition) is 2. The Balaban J connectivity index is 2.84. The molecule has 0 bridgehead atoms. The smallest absolute Gasteiger partial charge is 0.165 e. The van der Waals surface area contributed by atoms with E-state index in [4.69, 9.17) is 22.4 Å². The Morgan fingerprint density at radius 1 is 1.50 bits per heavy atom. The lowest BCUT2D eigenvalue weighted by molar-refractivity contribution is 0.0972. The van der Waals surface area contributed by atoms with E-state index in [1.165, 1.54) is 0 Å². The summed E-state index contributed by atoms with van der Waals surface area (Å²) in [5.74, 6) is -0.0842. The summed E-state index contributed by atoms with van der Waals surface area (Å²) in [6.45, 7) is 0.00616. The molecule has 3 N–H and O–H groups in total. The molecule has 0 aromatic heterocycles. The van der Waals surface area contributed by atoms with E-state index in [1.54, 1.807) is 18.2 Å². The van der Waals surface area contributed by atoms with Gasteiger partial charge in [-0.2, -0.15) is 0 Å². The van der Waals surface area contributed by atoms with Gasteiger partial charge in [-0.05, 0) is 18.6 Å². The molecule has 76 valence electrons. The highest BCUT2D eigenvalue weighted by molar-refractivity contribution is 6.34. The van der Waals surface area contributed by atoms with E-state index in [1.807, 2.05) is 0 Å². The number of Topliss-reactive ketones (excluding diaryl/α,β-unsaturated/α-hetero) is 1. The zero-order valence-corrected chi connectivity index (χ0v) is 8.42. The van der Waals surface area contributed by atoms with Crippen molar-refractivity contribution in [3.63, 3.8) is 0 Å². The first-order valence-corrected chi connectivity index (χ1v) is 4.72. The molecule has 0 saturated heterocycles. The predicted octanol–water partition coefficient (Wildman–Crippen LogP) is 1.88. The van der Waals surface area contributed by atoms with E-state index >= 15 is 0 Å². The molecular weight excluding hydrogens is 202 g/mol. The summed E-state index contributed by atoms with van der Waals surface area (Å²) in [6.07, 6.45) is 0.742. The average molecular weight is 214 g/mol. The summed E-state index contributed by atoms with van der Waals surface area (Å²) < 4.78 is 0. The third-order valence-corrected chi connectivity index (χ3v) is 2.24. The summed E-state index contributed by atoms with van der Waals surface area (Å²) in [5.41, 5.74) is 6.39. The maximum absolute atomic E-state index is 11.5. The van der Waals surface area contributed by atoms with Crippen LogP contribution in [0, 0.1) is 0 Å². The number of nitrogen functional groups attached to an aromatic ring is 1. The number of nitrogens with two attached hydrogens (primary N) is 1. The third kappa shape index (κ3) is 2.47. The second-order valence-corrected chi connectivity index (χ2v) is 3.36. The highest BCUT2D eigenvalue weighted by Gasteiger charge is 2.10. The number of carbonyl (C=O) groups is 1. The largest absolute Gasteiger partial charge is 0.397 e. The molecule has 0 aliphatic carbocycles. The number of aliphatic hydroxyl groups excluding tert-OH is 1. The molecule has 0 radical (unpaired) electrons. The van der Waals surface area contributed by atoms with E-state index < -0.39 is 0 Å². The number of hydrogen-bond acceptors (Lipinski definition) is 3. The summed E-state index contributed by atoms with van der Waals surface area (Å²) in [7, 11) is 0. The number of aliphatic hydroxyl groups is 1. The molecule has 0 aliphatic rings. The van der Waals surface area contributed by atoms with Gasteiger partial charge in [0.1, 0.15) is 0 Å². The van der Waals surface area contributed by atoms with Gasteiger partial charge in [0.05, 0.1) is 10.7 Å². The van der Waals surface area contributed by atoms with Crippen LogP contribution in [0.2, 0.25) is 5.02 Å². The molecule has 4 heteroatoms. The Hall–Kier alpha value is -1.06. The van der Waals surface area contributed by atoms with Crippen LogP contribution in [-0.2, 0) is 0 Å². The standard InChI is InChI=1S/C10H12ClNO2/c11-8-4-1-3-7(10(8)12)9(14)5-2-6-13/h1,3-4,13H,2,5-6,12H2. The van der Waals surface area contributed by atoms with E-state index in [9.17, 15) is 4.79 Å². The van der Waals surface area contributed by atoms with E-state index in [0.29, 0.717) is 29.1 Å². The summed E-state index contributed by atoms with van der Waals surface area (Å²) >= 11 is 5.77. The predicted molar refractivity (Wildman–Crippen MR) is 56.5 cm³/mol. The van der Waals surface area contributed by atoms with Gasteiger partial charge in [0.2, 0.25) is 0 Å². The first kappa shape index (κ1) is 11.0. The molecule has 0 atom stereocenters. The van der Waals surface area contributed by atoms with Crippen LogP contribution in [0.3, 0.4) is 0 Å². The minimum atomic E-state index is -0.0842. The van der Waals surface area contributed by atoms with Crippen molar-refractivity contribution in [2.24, 2.45) is 0 Å². The zero-order valence-electron chi connectivity index (χ0n) is 7.66. The van der Waals surface area contributed by atoms with Gasteiger partial charge in [0, 0.05) is 18.6 Å². The topological polar surface area (TPSA) is 63.3 Å². The quantitative estimate of drug-likeness (QED) is 0.593. The first-order chi connectivity index (χ1) is 6.66. The van der Waals surface area contributed by atoms with Crippen LogP contribution in [0.15, 0.2) is 18.2 Å². The van der Waals surface area contributed by atoms with Gasteiger partial charge in [-0.15, -0.1) is 0 Å². The number of para-hydroxylation sites is 1. The van der Waals surface area contributed by atoms with Crippen LogP contribution in [-0.4, -0.2) is 17.5 Å². The Kier molecular flexibility index (Phi) is 3.92. The molecule has 0 heterocycles. The molecule has 14 heavy (non-hydrogen) atoms. The molecule has 1 aromatic carbocycles. The van der Waals surface area contributed by atoms with Crippen molar-refractivity contribution >= 4 is 23.1 Å². The van der Waals surface area contributed by atoms with Crippen molar-refractivity contribution in [3.05, 3.63) is 28.8 Å². The van der Waals surface area contributed by atoms with Crippen LogP contribution in [0.25, 0.3) is 0 Å². The Morgan fingerprint density at radius 2 is 2.21 bits per heavy atom. The van der Waals surface area contributed by atoms with Crippen LogP contribution in [0.5, 0.6) is 0 Å². The van der Waals surface area contributed by atoms with Gasteiger partial charge in [0.15, 0.2) is 5.78 Å². The number of carbonyl (C=O) groups excluding carboxylic acids is 1. The van der Waals surface area contributed by atoms with E-state index in [-0.39, 0.29) is 12.4 Å². The fourth-order valence-electron chi connectivity index (χ4n) is 1.15. The summed E-state index contributed by atoms with van der Waals surface area (Å²) in [4.78, 5) is 11.5. The molecule has 3 nitrogen and oxygen atoms in total. The first-order valence-electron chi connectivity index (χ1n) is 4.35.